The minimum absolute atomic E-state index is 0.124. The quantitative estimate of drug-likeness (QED) is 0.783. The minimum atomic E-state index is -0.292. The molecule has 0 radical (unpaired) electrons. The second kappa shape index (κ2) is 9.02. The molecule has 2 aromatic rings. The van der Waals surface area contributed by atoms with Gasteiger partial charge in [-0.2, -0.15) is 0 Å². The highest BCUT2D eigenvalue weighted by molar-refractivity contribution is 5.92. The number of carbonyl (C=O) groups is 1. The highest BCUT2D eigenvalue weighted by Gasteiger charge is 2.22. The maximum absolute atomic E-state index is 12.9. The van der Waals surface area contributed by atoms with Crippen LogP contribution in [0, 0.1) is 5.82 Å². The maximum Gasteiger partial charge on any atom is 0.244 e. The van der Waals surface area contributed by atoms with Crippen LogP contribution in [-0.4, -0.2) is 31.2 Å². The molecule has 0 saturated carbocycles. The second-order valence-corrected chi connectivity index (χ2v) is 7.37. The van der Waals surface area contributed by atoms with E-state index in [0.29, 0.717) is 0 Å². The first-order chi connectivity index (χ1) is 13.4. The number of rotatable bonds is 5. The number of nitrogens with zero attached hydrogens (tertiary/aromatic N) is 1. The smallest absolute Gasteiger partial charge is 0.244 e. The fourth-order valence-corrected chi connectivity index (χ4v) is 3.47. The predicted molar refractivity (Wildman–Crippen MR) is 111 cm³/mol. The van der Waals surface area contributed by atoms with E-state index in [0.717, 1.165) is 29.9 Å². The van der Waals surface area contributed by atoms with Crippen LogP contribution in [0.15, 0.2) is 54.6 Å². The summed E-state index contributed by atoms with van der Waals surface area (Å²) in [7, 11) is 0. The number of hydrogen-bond donors (Lipinski definition) is 1. The summed E-state index contributed by atoms with van der Waals surface area (Å²) in [6, 6.07) is 14.2. The lowest BCUT2D eigenvalue weighted by atomic mass is 10.1. The lowest BCUT2D eigenvalue weighted by Gasteiger charge is -2.37. The van der Waals surface area contributed by atoms with Crippen molar-refractivity contribution < 1.29 is 13.9 Å². The summed E-state index contributed by atoms with van der Waals surface area (Å²) >= 11 is 0. The predicted octanol–water partition coefficient (Wildman–Crippen LogP) is 4.33. The van der Waals surface area contributed by atoms with Crippen molar-refractivity contribution >= 4 is 17.7 Å². The number of hydrogen-bond acceptors (Lipinski definition) is 3. The zero-order chi connectivity index (χ0) is 20.1. The molecule has 0 bridgehead atoms. The Balaban J connectivity index is 1.63. The lowest BCUT2D eigenvalue weighted by Crippen LogP contribution is -2.45. The van der Waals surface area contributed by atoms with E-state index in [1.165, 1.54) is 18.2 Å². The Morgan fingerprint density at radius 1 is 1.18 bits per heavy atom. The summed E-state index contributed by atoms with van der Waals surface area (Å²) in [4.78, 5) is 14.6. The van der Waals surface area contributed by atoms with Gasteiger partial charge in [-0.05, 0) is 62.2 Å². The van der Waals surface area contributed by atoms with Gasteiger partial charge in [-0.15, -0.1) is 0 Å². The third kappa shape index (κ3) is 5.42. The fraction of sp³-hybridized carbons (Fsp3) is 0.348. The third-order valence-corrected chi connectivity index (χ3v) is 4.81. The van der Waals surface area contributed by atoms with Crippen molar-refractivity contribution in [1.29, 1.82) is 0 Å². The highest BCUT2D eigenvalue weighted by atomic mass is 19.1. The molecule has 1 fully saturated rings. The number of carbonyl (C=O) groups excluding carboxylic acids is 1. The molecule has 1 N–H and O–H groups in total. The van der Waals surface area contributed by atoms with E-state index in [-0.39, 0.29) is 30.0 Å². The molecule has 1 saturated heterocycles. The number of benzene rings is 2. The molecule has 1 amide bonds. The summed E-state index contributed by atoms with van der Waals surface area (Å²) in [5.41, 5.74) is 2.97. The Bertz CT molecular complexity index is 825. The first kappa shape index (κ1) is 20.1. The van der Waals surface area contributed by atoms with Crippen LogP contribution in [0.3, 0.4) is 0 Å². The minimum Gasteiger partial charge on any atom is -0.372 e. The highest BCUT2D eigenvalue weighted by Crippen LogP contribution is 2.24. The van der Waals surface area contributed by atoms with E-state index in [1.54, 1.807) is 18.2 Å². The largest absolute Gasteiger partial charge is 0.372 e. The van der Waals surface area contributed by atoms with Crippen LogP contribution >= 0.6 is 0 Å². The van der Waals surface area contributed by atoms with Crippen LogP contribution in [0.2, 0.25) is 0 Å². The van der Waals surface area contributed by atoms with Gasteiger partial charge in [-0.25, -0.2) is 4.39 Å². The van der Waals surface area contributed by atoms with E-state index in [1.807, 2.05) is 19.1 Å². The van der Waals surface area contributed by atoms with Crippen LogP contribution in [0.25, 0.3) is 6.08 Å². The molecule has 1 heterocycles. The van der Waals surface area contributed by atoms with E-state index < -0.39 is 0 Å². The molecule has 1 aliphatic rings. The van der Waals surface area contributed by atoms with Crippen molar-refractivity contribution in [2.45, 2.75) is 39.0 Å². The fourth-order valence-electron chi connectivity index (χ4n) is 3.47. The maximum atomic E-state index is 12.9. The Kier molecular flexibility index (Phi) is 6.47. The monoisotopic (exact) mass is 382 g/mol. The zero-order valence-electron chi connectivity index (χ0n) is 16.6. The van der Waals surface area contributed by atoms with Crippen molar-refractivity contribution in [3.8, 4) is 0 Å². The van der Waals surface area contributed by atoms with Gasteiger partial charge in [0.25, 0.3) is 0 Å². The number of anilines is 1. The van der Waals surface area contributed by atoms with Crippen LogP contribution in [0.1, 0.15) is 37.9 Å². The number of morpholine rings is 1. The molecule has 3 rings (SSSR count). The van der Waals surface area contributed by atoms with Gasteiger partial charge < -0.3 is 15.0 Å². The first-order valence-corrected chi connectivity index (χ1v) is 9.65. The summed E-state index contributed by atoms with van der Waals surface area (Å²) in [6.45, 7) is 7.85. The van der Waals surface area contributed by atoms with Gasteiger partial charge in [0.15, 0.2) is 0 Å². The van der Waals surface area contributed by atoms with E-state index in [9.17, 15) is 9.18 Å². The summed E-state index contributed by atoms with van der Waals surface area (Å²) in [6.07, 6.45) is 3.54. The normalized spacial score (nSPS) is 20.9. The molecule has 3 atom stereocenters. The topological polar surface area (TPSA) is 41.6 Å². The standard InChI is InChI=1S/C23H27FN2O2/c1-16-14-26(15-17(2)28-16)22-6-4-5-20(13-22)18(3)25-23(27)12-9-19-7-10-21(24)11-8-19/h4-13,16-18H,14-15H2,1-3H3,(H,25,27). The molecular weight excluding hydrogens is 355 g/mol. The Labute approximate surface area is 166 Å². The molecule has 28 heavy (non-hydrogen) atoms. The van der Waals surface area contributed by atoms with Gasteiger partial charge in [-0.1, -0.05) is 24.3 Å². The molecule has 1 aliphatic heterocycles. The van der Waals surface area contributed by atoms with E-state index >= 15 is 0 Å². The van der Waals surface area contributed by atoms with Crippen molar-refractivity contribution in [1.82, 2.24) is 5.32 Å². The molecule has 2 aromatic carbocycles. The molecular formula is C23H27FN2O2. The molecule has 3 unspecified atom stereocenters. The zero-order valence-corrected chi connectivity index (χ0v) is 16.6. The van der Waals surface area contributed by atoms with Crippen molar-refractivity contribution in [3.63, 3.8) is 0 Å². The molecule has 148 valence electrons. The second-order valence-electron chi connectivity index (χ2n) is 7.37. The molecule has 5 heteroatoms. The lowest BCUT2D eigenvalue weighted by molar-refractivity contribution is -0.117. The average molecular weight is 382 g/mol. The van der Waals surface area contributed by atoms with Gasteiger partial charge in [0.1, 0.15) is 5.82 Å². The van der Waals surface area contributed by atoms with E-state index in [4.69, 9.17) is 4.74 Å². The summed E-state index contributed by atoms with van der Waals surface area (Å²) in [5, 5.41) is 2.98. The van der Waals surface area contributed by atoms with Crippen LogP contribution < -0.4 is 10.2 Å². The van der Waals surface area contributed by atoms with Gasteiger partial charge in [-0.3, -0.25) is 4.79 Å². The van der Waals surface area contributed by atoms with Gasteiger partial charge in [0.2, 0.25) is 5.91 Å². The van der Waals surface area contributed by atoms with Gasteiger partial charge >= 0.3 is 0 Å². The third-order valence-electron chi connectivity index (χ3n) is 4.81. The van der Waals surface area contributed by atoms with Crippen molar-refractivity contribution in [3.05, 3.63) is 71.6 Å². The Morgan fingerprint density at radius 3 is 2.54 bits per heavy atom. The van der Waals surface area contributed by atoms with Gasteiger partial charge in [0, 0.05) is 24.9 Å². The molecule has 0 spiro atoms. The summed E-state index contributed by atoms with van der Waals surface area (Å²) in [5.74, 6) is -0.477. The summed E-state index contributed by atoms with van der Waals surface area (Å²) < 4.78 is 18.8. The van der Waals surface area contributed by atoms with Crippen LogP contribution in [0.5, 0.6) is 0 Å². The Morgan fingerprint density at radius 2 is 1.86 bits per heavy atom. The number of halogens is 1. The van der Waals surface area contributed by atoms with Crippen LogP contribution in [-0.2, 0) is 9.53 Å². The van der Waals surface area contributed by atoms with Gasteiger partial charge in [0.05, 0.1) is 18.2 Å². The first-order valence-electron chi connectivity index (χ1n) is 9.65. The number of ether oxygens (including phenoxy) is 1. The number of amides is 1. The van der Waals surface area contributed by atoms with Crippen LogP contribution in [0.4, 0.5) is 10.1 Å². The van der Waals surface area contributed by atoms with E-state index in [2.05, 4.69) is 36.2 Å². The van der Waals surface area contributed by atoms with Crippen molar-refractivity contribution in [2.75, 3.05) is 18.0 Å². The van der Waals surface area contributed by atoms with Crippen molar-refractivity contribution in [2.24, 2.45) is 0 Å². The average Bonchev–Trinajstić information content (AvgIpc) is 2.67. The molecule has 0 aliphatic carbocycles. The Hall–Kier alpha value is -2.66. The molecule has 0 aromatic heterocycles. The SMILES string of the molecule is CC1CN(c2cccc(C(C)NC(=O)C=Cc3ccc(F)cc3)c2)CC(C)O1. The molecule has 4 nitrogen and oxygen atoms in total. The number of nitrogens with one attached hydrogen (secondary N) is 1.